The minimum absolute atomic E-state index is 0.236. The van der Waals surface area contributed by atoms with E-state index in [1.807, 2.05) is 6.92 Å². The number of carbonyl (C=O) groups excluding carboxylic acids is 1. The van der Waals surface area contributed by atoms with E-state index in [1.165, 1.54) is 16.7 Å². The summed E-state index contributed by atoms with van der Waals surface area (Å²) in [5.41, 5.74) is 9.40. The number of thioether (sulfide) groups is 1. The van der Waals surface area contributed by atoms with E-state index in [0.29, 0.717) is 18.3 Å². The fourth-order valence-electron chi connectivity index (χ4n) is 2.70. The highest BCUT2D eigenvalue weighted by molar-refractivity contribution is 7.98. The molecule has 2 rings (SSSR count). The minimum Gasteiger partial charge on any atom is -0.465 e. The molecule has 1 fully saturated rings. The lowest BCUT2D eigenvalue weighted by Gasteiger charge is -2.26. The molecule has 0 amide bonds. The summed E-state index contributed by atoms with van der Waals surface area (Å²) >= 11 is 1.73. The molecule has 2 N–H and O–H groups in total. The van der Waals surface area contributed by atoms with Gasteiger partial charge in [0, 0.05) is 11.5 Å². The Bertz CT molecular complexity index is 493. The standard InChI is InChI=1S/C17H25NO2S/c1-4-20-16(19)17(18,15-5-6-15)11-21-10-14-8-12(2)7-13(3)9-14/h7-9,15H,4-6,10-11,18H2,1-3H3. The summed E-state index contributed by atoms with van der Waals surface area (Å²) in [5.74, 6) is 1.57. The molecule has 0 aromatic heterocycles. The van der Waals surface area contributed by atoms with Gasteiger partial charge in [-0.1, -0.05) is 29.3 Å². The van der Waals surface area contributed by atoms with Crippen LogP contribution in [0.2, 0.25) is 0 Å². The van der Waals surface area contributed by atoms with Gasteiger partial charge in [0.2, 0.25) is 0 Å². The van der Waals surface area contributed by atoms with Gasteiger partial charge in [0.1, 0.15) is 5.54 Å². The molecule has 1 aromatic rings. The topological polar surface area (TPSA) is 52.3 Å². The first-order chi connectivity index (χ1) is 9.95. The molecule has 1 aliphatic carbocycles. The molecule has 0 heterocycles. The number of hydrogen-bond acceptors (Lipinski definition) is 4. The minimum atomic E-state index is -0.806. The third-order valence-corrected chi connectivity index (χ3v) is 5.07. The zero-order valence-corrected chi connectivity index (χ0v) is 14.0. The fourth-order valence-corrected chi connectivity index (χ4v) is 3.89. The molecule has 4 heteroatoms. The first-order valence-electron chi connectivity index (χ1n) is 7.56. The maximum atomic E-state index is 12.1. The van der Waals surface area contributed by atoms with Gasteiger partial charge in [0.05, 0.1) is 6.61 Å². The third kappa shape index (κ3) is 4.24. The van der Waals surface area contributed by atoms with E-state index in [9.17, 15) is 4.79 Å². The van der Waals surface area contributed by atoms with Crippen molar-refractivity contribution in [3.8, 4) is 0 Å². The van der Waals surface area contributed by atoms with Crippen molar-refractivity contribution in [3.05, 3.63) is 34.9 Å². The fraction of sp³-hybridized carbons (Fsp3) is 0.588. The Kier molecular flexibility index (Phi) is 5.33. The van der Waals surface area contributed by atoms with Crippen molar-refractivity contribution in [1.29, 1.82) is 0 Å². The lowest BCUT2D eigenvalue weighted by Crippen LogP contribution is -2.53. The molecule has 21 heavy (non-hydrogen) atoms. The first kappa shape index (κ1) is 16.4. The molecule has 116 valence electrons. The van der Waals surface area contributed by atoms with Gasteiger partial charge in [-0.05, 0) is 45.1 Å². The van der Waals surface area contributed by atoms with Gasteiger partial charge in [0.25, 0.3) is 0 Å². The van der Waals surface area contributed by atoms with E-state index < -0.39 is 5.54 Å². The summed E-state index contributed by atoms with van der Waals surface area (Å²) < 4.78 is 5.17. The Morgan fingerprint density at radius 3 is 2.48 bits per heavy atom. The number of aryl methyl sites for hydroxylation is 2. The van der Waals surface area contributed by atoms with Crippen LogP contribution in [-0.2, 0) is 15.3 Å². The van der Waals surface area contributed by atoms with E-state index in [4.69, 9.17) is 10.5 Å². The number of rotatable bonds is 7. The zero-order valence-electron chi connectivity index (χ0n) is 13.1. The summed E-state index contributed by atoms with van der Waals surface area (Å²) in [4.78, 5) is 12.1. The van der Waals surface area contributed by atoms with E-state index in [2.05, 4.69) is 32.0 Å². The molecule has 0 spiro atoms. The highest BCUT2D eigenvalue weighted by atomic mass is 32.2. The van der Waals surface area contributed by atoms with Gasteiger partial charge in [-0.2, -0.15) is 11.8 Å². The number of benzene rings is 1. The third-order valence-electron chi connectivity index (χ3n) is 3.85. The Morgan fingerprint density at radius 1 is 1.33 bits per heavy atom. The number of ether oxygens (including phenoxy) is 1. The van der Waals surface area contributed by atoms with Gasteiger partial charge < -0.3 is 10.5 Å². The van der Waals surface area contributed by atoms with Crippen LogP contribution in [0.25, 0.3) is 0 Å². The summed E-state index contributed by atoms with van der Waals surface area (Å²) in [7, 11) is 0. The molecule has 0 saturated heterocycles. The number of nitrogens with two attached hydrogens (primary N) is 1. The predicted molar refractivity (Wildman–Crippen MR) is 88.4 cm³/mol. The Hall–Kier alpha value is -1.00. The van der Waals surface area contributed by atoms with E-state index in [0.717, 1.165) is 18.6 Å². The molecule has 1 unspecified atom stereocenters. The number of carbonyl (C=O) groups is 1. The Balaban J connectivity index is 1.94. The van der Waals surface area contributed by atoms with Crippen molar-refractivity contribution in [2.75, 3.05) is 12.4 Å². The Labute approximate surface area is 131 Å². The lowest BCUT2D eigenvalue weighted by molar-refractivity contribution is -0.149. The summed E-state index contributed by atoms with van der Waals surface area (Å²) in [6, 6.07) is 6.56. The van der Waals surface area contributed by atoms with Crippen LogP contribution in [0, 0.1) is 19.8 Å². The van der Waals surface area contributed by atoms with Gasteiger partial charge in [-0.25, -0.2) is 0 Å². The van der Waals surface area contributed by atoms with E-state index >= 15 is 0 Å². The maximum absolute atomic E-state index is 12.1. The second-order valence-electron chi connectivity index (χ2n) is 6.02. The smallest absolute Gasteiger partial charge is 0.327 e. The quantitative estimate of drug-likeness (QED) is 0.786. The van der Waals surface area contributed by atoms with Crippen molar-refractivity contribution in [3.63, 3.8) is 0 Å². The maximum Gasteiger partial charge on any atom is 0.327 e. The van der Waals surface area contributed by atoms with Gasteiger partial charge in [0.15, 0.2) is 0 Å². The van der Waals surface area contributed by atoms with Crippen LogP contribution in [-0.4, -0.2) is 23.9 Å². The van der Waals surface area contributed by atoms with Crippen LogP contribution >= 0.6 is 11.8 Å². The lowest BCUT2D eigenvalue weighted by atomic mass is 9.97. The molecule has 1 aromatic carbocycles. The predicted octanol–water partition coefficient (Wildman–Crippen LogP) is 3.21. The summed E-state index contributed by atoms with van der Waals surface area (Å²) in [6.45, 7) is 6.44. The molecule has 0 aliphatic heterocycles. The van der Waals surface area contributed by atoms with E-state index in [-0.39, 0.29) is 5.97 Å². The van der Waals surface area contributed by atoms with Crippen LogP contribution in [0.1, 0.15) is 36.5 Å². The van der Waals surface area contributed by atoms with Gasteiger partial charge in [-0.3, -0.25) is 4.79 Å². The zero-order chi connectivity index (χ0) is 15.5. The molecular formula is C17H25NO2S. The van der Waals surface area contributed by atoms with Crippen molar-refractivity contribution < 1.29 is 9.53 Å². The van der Waals surface area contributed by atoms with Crippen molar-refractivity contribution in [1.82, 2.24) is 0 Å². The van der Waals surface area contributed by atoms with Crippen LogP contribution in [0.4, 0.5) is 0 Å². The molecule has 1 atom stereocenters. The summed E-state index contributed by atoms with van der Waals surface area (Å²) in [6.07, 6.45) is 2.08. The van der Waals surface area contributed by atoms with Gasteiger partial charge in [-0.15, -0.1) is 0 Å². The van der Waals surface area contributed by atoms with Gasteiger partial charge >= 0.3 is 5.97 Å². The normalized spacial score (nSPS) is 17.3. The average Bonchev–Trinajstić information content (AvgIpc) is 3.22. The molecule has 1 saturated carbocycles. The van der Waals surface area contributed by atoms with Crippen molar-refractivity contribution in [2.45, 2.75) is 44.9 Å². The second-order valence-corrected chi connectivity index (χ2v) is 7.01. The highest BCUT2D eigenvalue weighted by Crippen LogP contribution is 2.41. The second kappa shape index (κ2) is 6.84. The average molecular weight is 307 g/mol. The monoisotopic (exact) mass is 307 g/mol. The molecule has 1 aliphatic rings. The molecule has 3 nitrogen and oxygen atoms in total. The van der Waals surface area contributed by atoms with Crippen molar-refractivity contribution >= 4 is 17.7 Å². The first-order valence-corrected chi connectivity index (χ1v) is 8.72. The van der Waals surface area contributed by atoms with Crippen LogP contribution in [0.3, 0.4) is 0 Å². The highest BCUT2D eigenvalue weighted by Gasteiger charge is 2.48. The van der Waals surface area contributed by atoms with Crippen molar-refractivity contribution in [2.24, 2.45) is 11.7 Å². The number of esters is 1. The molecular weight excluding hydrogens is 282 g/mol. The molecule has 0 radical (unpaired) electrons. The molecule has 0 bridgehead atoms. The van der Waals surface area contributed by atoms with Crippen LogP contribution < -0.4 is 5.73 Å². The largest absolute Gasteiger partial charge is 0.465 e. The van der Waals surface area contributed by atoms with Crippen LogP contribution in [0.5, 0.6) is 0 Å². The van der Waals surface area contributed by atoms with Crippen LogP contribution in [0.15, 0.2) is 18.2 Å². The SMILES string of the molecule is CCOC(=O)C(N)(CSCc1cc(C)cc(C)c1)C1CC1. The van der Waals surface area contributed by atoms with E-state index in [1.54, 1.807) is 11.8 Å². The number of hydrogen-bond donors (Lipinski definition) is 1. The Morgan fingerprint density at radius 2 is 1.95 bits per heavy atom. The summed E-state index contributed by atoms with van der Waals surface area (Å²) in [5, 5.41) is 0.